The SMILES string of the molecule is CCOc1ccccc1OCC(=O)NNC(=O)CCNS(=O)(=O)c1ccc(C)cc1C. The molecule has 0 bridgehead atoms. The first-order chi connectivity index (χ1) is 14.7. The zero-order valence-electron chi connectivity index (χ0n) is 17.7. The number of sulfonamides is 1. The Balaban J connectivity index is 1.74. The van der Waals surface area contributed by atoms with Crippen LogP contribution in [0.1, 0.15) is 24.5 Å². The summed E-state index contributed by atoms with van der Waals surface area (Å²) in [6.45, 7) is 5.42. The van der Waals surface area contributed by atoms with Crippen molar-refractivity contribution in [2.24, 2.45) is 0 Å². The Morgan fingerprint density at radius 1 is 0.935 bits per heavy atom. The van der Waals surface area contributed by atoms with Crippen LogP contribution in [0.15, 0.2) is 47.4 Å². The summed E-state index contributed by atoms with van der Waals surface area (Å²) in [5.74, 6) is -0.202. The molecule has 9 nitrogen and oxygen atoms in total. The first-order valence-electron chi connectivity index (χ1n) is 9.72. The molecule has 168 valence electrons. The molecule has 0 aliphatic rings. The monoisotopic (exact) mass is 449 g/mol. The molecule has 2 amide bonds. The van der Waals surface area contributed by atoms with Gasteiger partial charge in [-0.1, -0.05) is 29.8 Å². The Bertz CT molecular complexity index is 1020. The quantitative estimate of drug-likeness (QED) is 0.474. The summed E-state index contributed by atoms with van der Waals surface area (Å²) in [6, 6.07) is 11.9. The van der Waals surface area contributed by atoms with Crippen LogP contribution in [0.5, 0.6) is 11.5 Å². The number of para-hydroxylation sites is 2. The maximum Gasteiger partial charge on any atom is 0.276 e. The number of hydrazine groups is 1. The fourth-order valence-corrected chi connectivity index (χ4v) is 3.96. The van der Waals surface area contributed by atoms with Crippen LogP contribution in [-0.4, -0.2) is 40.0 Å². The van der Waals surface area contributed by atoms with E-state index in [4.69, 9.17) is 9.47 Å². The molecule has 2 aromatic carbocycles. The van der Waals surface area contributed by atoms with Gasteiger partial charge in [-0.15, -0.1) is 0 Å². The Hall–Kier alpha value is -3.11. The fraction of sp³-hybridized carbons (Fsp3) is 0.333. The van der Waals surface area contributed by atoms with Crippen molar-refractivity contribution < 1.29 is 27.5 Å². The van der Waals surface area contributed by atoms with Crippen LogP contribution in [0.4, 0.5) is 0 Å². The first-order valence-corrected chi connectivity index (χ1v) is 11.2. The molecule has 0 saturated heterocycles. The Kier molecular flexibility index (Phi) is 8.83. The van der Waals surface area contributed by atoms with Crippen LogP contribution in [0, 0.1) is 13.8 Å². The summed E-state index contributed by atoms with van der Waals surface area (Å²) in [7, 11) is -3.73. The molecular formula is C21H27N3O6S. The van der Waals surface area contributed by atoms with Gasteiger partial charge in [0.1, 0.15) is 0 Å². The molecule has 0 unspecified atom stereocenters. The van der Waals surface area contributed by atoms with Crippen LogP contribution in [0.25, 0.3) is 0 Å². The van der Waals surface area contributed by atoms with Crippen LogP contribution in [0.3, 0.4) is 0 Å². The van der Waals surface area contributed by atoms with Crippen LogP contribution >= 0.6 is 0 Å². The van der Waals surface area contributed by atoms with E-state index in [9.17, 15) is 18.0 Å². The standard InChI is InChI=1S/C21H27N3O6S/c1-4-29-17-7-5-6-8-18(17)30-14-21(26)24-23-20(25)11-12-22-31(27,28)19-10-9-15(2)13-16(19)3/h5-10,13,22H,4,11-12,14H2,1-3H3,(H,23,25)(H,24,26). The highest BCUT2D eigenvalue weighted by molar-refractivity contribution is 7.89. The molecule has 0 spiro atoms. The van der Waals surface area contributed by atoms with E-state index in [0.29, 0.717) is 23.7 Å². The number of benzene rings is 2. The van der Waals surface area contributed by atoms with E-state index in [1.807, 2.05) is 13.8 Å². The third-order valence-corrected chi connectivity index (χ3v) is 5.73. The molecule has 3 N–H and O–H groups in total. The zero-order chi connectivity index (χ0) is 22.9. The molecular weight excluding hydrogens is 422 g/mol. The normalized spacial score (nSPS) is 10.9. The second-order valence-electron chi connectivity index (χ2n) is 6.68. The summed E-state index contributed by atoms with van der Waals surface area (Å²) in [4.78, 5) is 23.9. The lowest BCUT2D eigenvalue weighted by atomic mass is 10.2. The summed E-state index contributed by atoms with van der Waals surface area (Å²) >= 11 is 0. The van der Waals surface area contributed by atoms with Crippen molar-refractivity contribution in [1.82, 2.24) is 15.6 Å². The number of hydrogen-bond donors (Lipinski definition) is 3. The maximum absolute atomic E-state index is 12.4. The van der Waals surface area contributed by atoms with Gasteiger partial charge in [0.2, 0.25) is 15.9 Å². The summed E-state index contributed by atoms with van der Waals surface area (Å²) in [6.07, 6.45) is -0.154. The van der Waals surface area contributed by atoms with Crippen molar-refractivity contribution in [3.63, 3.8) is 0 Å². The smallest absolute Gasteiger partial charge is 0.276 e. The van der Waals surface area contributed by atoms with Gasteiger partial charge in [0.05, 0.1) is 11.5 Å². The minimum atomic E-state index is -3.73. The van der Waals surface area contributed by atoms with E-state index in [0.717, 1.165) is 5.56 Å². The van der Waals surface area contributed by atoms with E-state index in [2.05, 4.69) is 15.6 Å². The van der Waals surface area contributed by atoms with Crippen molar-refractivity contribution in [3.8, 4) is 11.5 Å². The molecule has 0 aliphatic carbocycles. The molecule has 2 aromatic rings. The molecule has 0 atom stereocenters. The van der Waals surface area contributed by atoms with Gasteiger partial charge in [-0.2, -0.15) is 0 Å². The average Bonchev–Trinajstić information content (AvgIpc) is 2.71. The minimum Gasteiger partial charge on any atom is -0.490 e. The number of ether oxygens (including phenoxy) is 2. The number of carbonyl (C=O) groups is 2. The Morgan fingerprint density at radius 3 is 2.23 bits per heavy atom. The van der Waals surface area contributed by atoms with Gasteiger partial charge in [-0.05, 0) is 44.5 Å². The Labute approximate surface area is 182 Å². The van der Waals surface area contributed by atoms with Crippen LogP contribution in [0.2, 0.25) is 0 Å². The Morgan fingerprint density at radius 2 is 1.58 bits per heavy atom. The lowest BCUT2D eigenvalue weighted by molar-refractivity contribution is -0.129. The molecule has 0 fully saturated rings. The predicted octanol–water partition coefficient (Wildman–Crippen LogP) is 1.60. The molecule has 0 aromatic heterocycles. The van der Waals surface area contributed by atoms with Gasteiger partial charge in [0.15, 0.2) is 18.1 Å². The highest BCUT2D eigenvalue weighted by atomic mass is 32.2. The third kappa shape index (κ3) is 7.58. The van der Waals surface area contributed by atoms with Gasteiger partial charge >= 0.3 is 0 Å². The summed E-state index contributed by atoms with van der Waals surface area (Å²) in [5.41, 5.74) is 6.01. The van der Waals surface area contributed by atoms with Gasteiger partial charge in [-0.3, -0.25) is 20.4 Å². The maximum atomic E-state index is 12.4. The second kappa shape index (κ2) is 11.3. The summed E-state index contributed by atoms with van der Waals surface area (Å²) < 4.78 is 37.9. The van der Waals surface area contributed by atoms with E-state index >= 15 is 0 Å². The third-order valence-electron chi connectivity index (χ3n) is 4.11. The molecule has 0 saturated carbocycles. The van der Waals surface area contributed by atoms with Gasteiger partial charge in [-0.25, -0.2) is 13.1 Å². The van der Waals surface area contributed by atoms with Crippen LogP contribution in [-0.2, 0) is 19.6 Å². The van der Waals surface area contributed by atoms with Gasteiger partial charge in [0, 0.05) is 13.0 Å². The number of rotatable bonds is 10. The largest absolute Gasteiger partial charge is 0.490 e. The van der Waals surface area contributed by atoms with Gasteiger partial charge < -0.3 is 9.47 Å². The number of nitrogens with one attached hydrogen (secondary N) is 3. The van der Waals surface area contributed by atoms with Crippen molar-refractivity contribution in [3.05, 3.63) is 53.6 Å². The highest BCUT2D eigenvalue weighted by Crippen LogP contribution is 2.26. The number of carbonyl (C=O) groups excluding carboxylic acids is 2. The highest BCUT2D eigenvalue weighted by Gasteiger charge is 2.17. The molecule has 2 rings (SSSR count). The molecule has 0 heterocycles. The predicted molar refractivity (Wildman–Crippen MR) is 115 cm³/mol. The van der Waals surface area contributed by atoms with E-state index < -0.39 is 21.8 Å². The van der Waals surface area contributed by atoms with Crippen molar-refractivity contribution >= 4 is 21.8 Å². The van der Waals surface area contributed by atoms with Crippen molar-refractivity contribution in [1.29, 1.82) is 0 Å². The zero-order valence-corrected chi connectivity index (χ0v) is 18.5. The molecule has 0 radical (unpaired) electrons. The second-order valence-corrected chi connectivity index (χ2v) is 8.42. The first kappa shape index (κ1) is 24.2. The fourth-order valence-electron chi connectivity index (χ4n) is 2.70. The van der Waals surface area contributed by atoms with Crippen molar-refractivity contribution in [2.75, 3.05) is 19.8 Å². The van der Waals surface area contributed by atoms with Crippen LogP contribution < -0.4 is 25.0 Å². The lowest BCUT2D eigenvalue weighted by Gasteiger charge is -2.12. The number of hydrogen-bond acceptors (Lipinski definition) is 6. The molecule has 0 aliphatic heterocycles. The van der Waals surface area contributed by atoms with Gasteiger partial charge in [0.25, 0.3) is 5.91 Å². The number of aryl methyl sites for hydroxylation is 2. The molecule has 31 heavy (non-hydrogen) atoms. The van der Waals surface area contributed by atoms with E-state index in [-0.39, 0.29) is 24.5 Å². The lowest BCUT2D eigenvalue weighted by Crippen LogP contribution is -2.44. The van der Waals surface area contributed by atoms with E-state index in [1.165, 1.54) is 6.07 Å². The average molecular weight is 450 g/mol. The number of amides is 2. The van der Waals surface area contributed by atoms with Crippen molar-refractivity contribution in [2.45, 2.75) is 32.1 Å². The summed E-state index contributed by atoms with van der Waals surface area (Å²) in [5, 5.41) is 0. The minimum absolute atomic E-state index is 0.115. The molecule has 10 heteroatoms. The topological polar surface area (TPSA) is 123 Å². The van der Waals surface area contributed by atoms with E-state index in [1.54, 1.807) is 43.3 Å².